The van der Waals surface area contributed by atoms with E-state index >= 15 is 0 Å². The number of terminal acetylenes is 1. The number of halogens is 1. The van der Waals surface area contributed by atoms with E-state index in [0.29, 0.717) is 40.4 Å². The zero-order chi connectivity index (χ0) is 29.2. The van der Waals surface area contributed by atoms with E-state index in [-0.39, 0.29) is 12.5 Å². The molecule has 9 heteroatoms. The van der Waals surface area contributed by atoms with E-state index < -0.39 is 29.7 Å². The van der Waals surface area contributed by atoms with E-state index in [1.54, 1.807) is 68.9 Å². The van der Waals surface area contributed by atoms with Gasteiger partial charge in [-0.25, -0.2) is 4.79 Å². The zero-order valence-electron chi connectivity index (χ0n) is 23.5. The molecule has 2 N–H and O–H groups in total. The Morgan fingerprint density at radius 2 is 1.82 bits per heavy atom. The van der Waals surface area contributed by atoms with E-state index in [9.17, 15) is 14.4 Å². The van der Waals surface area contributed by atoms with Crippen LogP contribution in [-0.2, 0) is 14.3 Å². The number of benzene rings is 2. The van der Waals surface area contributed by atoms with Gasteiger partial charge in [0.25, 0.3) is 5.91 Å². The molecule has 0 aromatic heterocycles. The highest BCUT2D eigenvalue weighted by molar-refractivity contribution is 7.98. The summed E-state index contributed by atoms with van der Waals surface area (Å²) in [5.41, 5.74) is 1.77. The van der Waals surface area contributed by atoms with Crippen LogP contribution in [0.2, 0.25) is 5.02 Å². The summed E-state index contributed by atoms with van der Waals surface area (Å²) in [6.07, 6.45) is 7.73. The third-order valence-electron chi connectivity index (χ3n) is 5.77. The second-order valence-corrected chi connectivity index (χ2v) is 11.5. The highest BCUT2D eigenvalue weighted by Gasteiger charge is 2.36. The van der Waals surface area contributed by atoms with Crippen molar-refractivity contribution in [3.63, 3.8) is 0 Å². The van der Waals surface area contributed by atoms with Crippen molar-refractivity contribution in [1.29, 1.82) is 0 Å². The normalized spacial score (nSPS) is 12.6. The predicted molar refractivity (Wildman–Crippen MR) is 160 cm³/mol. The second kappa shape index (κ2) is 14.9. The maximum atomic E-state index is 14.1. The number of alkyl carbamates (subject to hydrolysis) is 1. The molecule has 0 heterocycles. The van der Waals surface area contributed by atoms with Crippen molar-refractivity contribution in [2.24, 2.45) is 0 Å². The first-order chi connectivity index (χ1) is 18.4. The lowest BCUT2D eigenvalue weighted by molar-refractivity contribution is -0.140. The Kier molecular flexibility index (Phi) is 12.2. The molecule has 0 saturated carbocycles. The highest BCUT2D eigenvalue weighted by atomic mass is 35.5. The molecule has 210 valence electrons. The molecular weight excluding hydrogens is 534 g/mol. The van der Waals surface area contributed by atoms with Gasteiger partial charge in [-0.3, -0.25) is 9.59 Å². The number of hydrogen-bond acceptors (Lipinski definition) is 5. The van der Waals surface area contributed by atoms with Crippen LogP contribution in [0.1, 0.15) is 63.3 Å². The van der Waals surface area contributed by atoms with Crippen molar-refractivity contribution >= 4 is 47.0 Å². The summed E-state index contributed by atoms with van der Waals surface area (Å²) in [6.45, 7) is 9.31. The van der Waals surface area contributed by atoms with Crippen LogP contribution in [0.25, 0.3) is 0 Å². The van der Waals surface area contributed by atoms with Crippen molar-refractivity contribution in [2.75, 3.05) is 23.9 Å². The third kappa shape index (κ3) is 9.52. The van der Waals surface area contributed by atoms with Crippen LogP contribution in [0.15, 0.2) is 42.5 Å². The summed E-state index contributed by atoms with van der Waals surface area (Å²) in [4.78, 5) is 42.2. The van der Waals surface area contributed by atoms with Gasteiger partial charge in [0.2, 0.25) is 5.91 Å². The summed E-state index contributed by atoms with van der Waals surface area (Å²) in [5, 5.41) is 6.06. The van der Waals surface area contributed by atoms with Crippen LogP contribution in [0.4, 0.5) is 10.5 Å². The molecule has 7 nitrogen and oxygen atoms in total. The standard InChI is InChI=1S/C30H38ClN3O4S/c1-8-18-34(28(36)24(17-19-39-7)32-29(37)38-30(4,5)6)26(22-15-13-21(9-2)14-16-22)27(35)33-25-20(3)11-10-12-23(25)31/h2,10-16,24,26H,8,17-19H2,1,3-7H3,(H,32,37)(H,33,35). The molecule has 2 unspecified atom stereocenters. The Balaban J connectivity index is 2.54. The summed E-state index contributed by atoms with van der Waals surface area (Å²) >= 11 is 7.96. The van der Waals surface area contributed by atoms with Gasteiger partial charge >= 0.3 is 6.09 Å². The van der Waals surface area contributed by atoms with Crippen LogP contribution in [0, 0.1) is 19.3 Å². The number of para-hydroxylation sites is 1. The lowest BCUT2D eigenvalue weighted by Gasteiger charge is -2.34. The van der Waals surface area contributed by atoms with E-state index in [0.717, 1.165) is 5.56 Å². The van der Waals surface area contributed by atoms with Gasteiger partial charge < -0.3 is 20.3 Å². The van der Waals surface area contributed by atoms with Gasteiger partial charge in [-0.15, -0.1) is 6.42 Å². The Hall–Kier alpha value is -3.15. The summed E-state index contributed by atoms with van der Waals surface area (Å²) in [7, 11) is 0. The lowest BCUT2D eigenvalue weighted by atomic mass is 10.00. The predicted octanol–water partition coefficient (Wildman–Crippen LogP) is 6.19. The highest BCUT2D eigenvalue weighted by Crippen LogP contribution is 2.30. The maximum absolute atomic E-state index is 14.1. The summed E-state index contributed by atoms with van der Waals surface area (Å²) < 4.78 is 5.42. The molecule has 0 aliphatic rings. The number of hydrogen-bond donors (Lipinski definition) is 2. The van der Waals surface area contributed by atoms with Crippen LogP contribution < -0.4 is 10.6 Å². The van der Waals surface area contributed by atoms with Crippen molar-refractivity contribution in [2.45, 2.75) is 65.1 Å². The number of carbonyl (C=O) groups excluding carboxylic acids is 3. The monoisotopic (exact) mass is 571 g/mol. The van der Waals surface area contributed by atoms with Gasteiger partial charge in [0, 0.05) is 12.1 Å². The molecule has 0 radical (unpaired) electrons. The van der Waals surface area contributed by atoms with Gasteiger partial charge in [-0.2, -0.15) is 11.8 Å². The number of anilines is 1. The summed E-state index contributed by atoms with van der Waals surface area (Å²) in [5.74, 6) is 2.39. The molecule has 2 aromatic carbocycles. The minimum Gasteiger partial charge on any atom is -0.444 e. The Morgan fingerprint density at radius 1 is 1.15 bits per heavy atom. The second-order valence-electron chi connectivity index (χ2n) is 10.1. The number of aryl methyl sites for hydroxylation is 1. The quantitative estimate of drug-likeness (QED) is 0.314. The molecule has 0 aliphatic heterocycles. The van der Waals surface area contributed by atoms with E-state index in [2.05, 4.69) is 16.6 Å². The van der Waals surface area contributed by atoms with Crippen molar-refractivity contribution in [3.8, 4) is 12.3 Å². The molecule has 3 amide bonds. The van der Waals surface area contributed by atoms with Crippen LogP contribution in [0.5, 0.6) is 0 Å². The fourth-order valence-corrected chi connectivity index (χ4v) is 4.71. The average molecular weight is 572 g/mol. The van der Waals surface area contributed by atoms with Crippen molar-refractivity contribution in [1.82, 2.24) is 10.2 Å². The molecule has 0 bridgehead atoms. The van der Waals surface area contributed by atoms with Gasteiger partial charge in [0.1, 0.15) is 17.7 Å². The molecule has 2 rings (SSSR count). The molecule has 0 fully saturated rings. The van der Waals surface area contributed by atoms with Crippen molar-refractivity contribution < 1.29 is 19.1 Å². The van der Waals surface area contributed by atoms with E-state index in [4.69, 9.17) is 22.8 Å². The molecule has 39 heavy (non-hydrogen) atoms. The topological polar surface area (TPSA) is 87.7 Å². The molecule has 2 atom stereocenters. The molecule has 2 aromatic rings. The fourth-order valence-electron chi connectivity index (χ4n) is 3.97. The molecule has 0 saturated heterocycles. The zero-order valence-corrected chi connectivity index (χ0v) is 25.0. The summed E-state index contributed by atoms with van der Waals surface area (Å²) in [6, 6.07) is 10.4. The molecular formula is C30H38ClN3O4S. The first-order valence-electron chi connectivity index (χ1n) is 12.8. The number of rotatable bonds is 11. The molecule has 0 spiro atoms. The number of amides is 3. The minimum absolute atomic E-state index is 0.279. The smallest absolute Gasteiger partial charge is 0.408 e. The van der Waals surface area contributed by atoms with Gasteiger partial charge in [-0.1, -0.05) is 48.7 Å². The van der Waals surface area contributed by atoms with Gasteiger partial charge in [-0.05, 0) is 81.9 Å². The first kappa shape index (κ1) is 32.1. The maximum Gasteiger partial charge on any atom is 0.408 e. The number of nitrogens with zero attached hydrogens (tertiary/aromatic N) is 1. The fraction of sp³-hybridized carbons (Fsp3) is 0.433. The number of thioether (sulfide) groups is 1. The van der Waals surface area contributed by atoms with E-state index in [1.165, 1.54) is 4.90 Å². The number of carbonyl (C=O) groups is 3. The van der Waals surface area contributed by atoms with Crippen LogP contribution in [-0.4, -0.2) is 53.0 Å². The first-order valence-corrected chi connectivity index (χ1v) is 14.6. The van der Waals surface area contributed by atoms with Crippen LogP contribution in [0.3, 0.4) is 0 Å². The van der Waals surface area contributed by atoms with E-state index in [1.807, 2.05) is 26.2 Å². The Labute approximate surface area is 241 Å². The number of nitrogens with one attached hydrogen (secondary N) is 2. The number of ether oxygens (including phenoxy) is 1. The van der Waals surface area contributed by atoms with Gasteiger partial charge in [0.05, 0.1) is 10.7 Å². The van der Waals surface area contributed by atoms with Crippen LogP contribution >= 0.6 is 23.4 Å². The SMILES string of the molecule is C#Cc1ccc(C(C(=O)Nc2c(C)cccc2Cl)N(CCC)C(=O)C(CCSC)NC(=O)OC(C)(C)C)cc1. The minimum atomic E-state index is -1.00. The largest absolute Gasteiger partial charge is 0.444 e. The lowest BCUT2D eigenvalue weighted by Crippen LogP contribution is -2.52. The Bertz CT molecular complexity index is 1170. The molecule has 0 aliphatic carbocycles. The van der Waals surface area contributed by atoms with Crippen molar-refractivity contribution in [3.05, 3.63) is 64.2 Å². The average Bonchev–Trinajstić information content (AvgIpc) is 2.87. The van der Waals surface area contributed by atoms with Gasteiger partial charge in [0.15, 0.2) is 0 Å². The third-order valence-corrected chi connectivity index (χ3v) is 6.73. The Morgan fingerprint density at radius 3 is 2.36 bits per heavy atom.